The molecule has 1 aliphatic rings. The molecule has 3 aromatic rings. The van der Waals surface area contributed by atoms with Gasteiger partial charge in [-0.15, -0.1) is 0 Å². The molecule has 1 aliphatic heterocycles. The van der Waals surface area contributed by atoms with Gasteiger partial charge in [0.25, 0.3) is 0 Å². The zero-order valence-electron chi connectivity index (χ0n) is 18.9. The van der Waals surface area contributed by atoms with Gasteiger partial charge in [0.2, 0.25) is 0 Å². The van der Waals surface area contributed by atoms with E-state index < -0.39 is 11.9 Å². The van der Waals surface area contributed by atoms with Crippen LogP contribution < -0.4 is 0 Å². The molecule has 0 unspecified atom stereocenters. The lowest BCUT2D eigenvalue weighted by Crippen LogP contribution is -2.34. The Morgan fingerprint density at radius 3 is 2.41 bits per heavy atom. The molecule has 0 N–H and O–H groups in total. The zero-order valence-corrected chi connectivity index (χ0v) is 18.9. The summed E-state index contributed by atoms with van der Waals surface area (Å²) in [7, 11) is 0. The van der Waals surface area contributed by atoms with Gasteiger partial charge in [-0.05, 0) is 31.4 Å². The first-order valence-electron chi connectivity index (χ1n) is 11.1. The lowest BCUT2D eigenvalue weighted by Gasteiger charge is -2.31. The number of rotatable bonds is 5. The monoisotopic (exact) mass is 446 g/mol. The zero-order chi connectivity index (χ0) is 23.0. The van der Waals surface area contributed by atoms with Crippen molar-refractivity contribution in [1.29, 1.82) is 0 Å². The summed E-state index contributed by atoms with van der Waals surface area (Å²) in [5.41, 5.74) is 1.61. The third-order valence-electron chi connectivity index (χ3n) is 5.92. The standard InChI is InChI=1S/C23H29F3N6/c1-14(2)18-8-20(23(24,25)26)32-21(29-18)9-19(30-32)17-6-5-7-31(13-17)12-16-10-27-22(15(3)4)28-11-16/h8-11,14-15,17H,5-7,12-13H2,1-4H3/t17-/m1/s1. The maximum absolute atomic E-state index is 13.7. The van der Waals surface area contributed by atoms with Crippen LogP contribution in [-0.2, 0) is 12.7 Å². The molecule has 0 aromatic carbocycles. The van der Waals surface area contributed by atoms with Crippen LogP contribution in [0.2, 0.25) is 0 Å². The van der Waals surface area contributed by atoms with Crippen molar-refractivity contribution in [2.45, 2.75) is 71.0 Å². The highest BCUT2D eigenvalue weighted by Crippen LogP contribution is 2.33. The molecule has 172 valence electrons. The number of likely N-dealkylation sites (tertiary alicyclic amines) is 1. The van der Waals surface area contributed by atoms with Crippen LogP contribution in [0.15, 0.2) is 24.5 Å². The minimum atomic E-state index is -4.49. The molecule has 9 heteroatoms. The minimum Gasteiger partial charge on any atom is -0.298 e. The number of hydrogen-bond donors (Lipinski definition) is 0. The molecule has 0 spiro atoms. The summed E-state index contributed by atoms with van der Waals surface area (Å²) < 4.78 is 42.0. The van der Waals surface area contributed by atoms with E-state index in [1.54, 1.807) is 6.07 Å². The molecule has 0 bridgehead atoms. The van der Waals surface area contributed by atoms with Gasteiger partial charge < -0.3 is 0 Å². The number of piperidine rings is 1. The van der Waals surface area contributed by atoms with E-state index >= 15 is 0 Å². The van der Waals surface area contributed by atoms with Crippen molar-refractivity contribution < 1.29 is 13.2 Å². The number of aromatic nitrogens is 5. The third kappa shape index (κ3) is 4.77. The predicted molar refractivity (Wildman–Crippen MR) is 115 cm³/mol. The molecule has 4 heterocycles. The highest BCUT2D eigenvalue weighted by molar-refractivity contribution is 5.44. The molecular weight excluding hydrogens is 417 g/mol. The number of hydrogen-bond acceptors (Lipinski definition) is 5. The molecule has 32 heavy (non-hydrogen) atoms. The first kappa shape index (κ1) is 22.6. The maximum Gasteiger partial charge on any atom is 0.433 e. The molecule has 6 nitrogen and oxygen atoms in total. The molecule has 4 rings (SSSR count). The Balaban J connectivity index is 1.57. The van der Waals surface area contributed by atoms with Crippen LogP contribution in [0.3, 0.4) is 0 Å². The molecule has 0 amide bonds. The van der Waals surface area contributed by atoms with Crippen LogP contribution in [-0.4, -0.2) is 42.6 Å². The highest BCUT2D eigenvalue weighted by Gasteiger charge is 2.36. The quantitative estimate of drug-likeness (QED) is 0.542. The lowest BCUT2D eigenvalue weighted by atomic mass is 9.94. The number of fused-ring (bicyclic) bond motifs is 1. The van der Waals surface area contributed by atoms with Crippen LogP contribution in [0.5, 0.6) is 0 Å². The van der Waals surface area contributed by atoms with Crippen LogP contribution in [0, 0.1) is 0 Å². The lowest BCUT2D eigenvalue weighted by molar-refractivity contribution is -0.142. The Kier molecular flexibility index (Phi) is 6.20. The second-order valence-corrected chi connectivity index (χ2v) is 9.24. The van der Waals surface area contributed by atoms with Gasteiger partial charge in [0.1, 0.15) is 11.5 Å². The number of halogens is 3. The average molecular weight is 447 g/mol. The van der Waals surface area contributed by atoms with Crippen LogP contribution in [0.25, 0.3) is 5.65 Å². The van der Waals surface area contributed by atoms with Gasteiger partial charge in [-0.3, -0.25) is 4.90 Å². The summed E-state index contributed by atoms with van der Waals surface area (Å²) in [6, 6.07) is 2.83. The molecule has 1 fully saturated rings. The van der Waals surface area contributed by atoms with E-state index in [4.69, 9.17) is 0 Å². The Labute approximate surface area is 185 Å². The van der Waals surface area contributed by atoms with E-state index in [1.807, 2.05) is 26.2 Å². The van der Waals surface area contributed by atoms with E-state index in [-0.39, 0.29) is 23.4 Å². The summed E-state index contributed by atoms with van der Waals surface area (Å²) in [6.45, 7) is 10.2. The van der Waals surface area contributed by atoms with E-state index in [1.165, 1.54) is 0 Å². The molecular formula is C23H29F3N6. The molecule has 0 aliphatic carbocycles. The van der Waals surface area contributed by atoms with E-state index in [0.717, 1.165) is 47.9 Å². The minimum absolute atomic E-state index is 0.0601. The Hall–Kier alpha value is -2.55. The fraction of sp³-hybridized carbons (Fsp3) is 0.565. The molecule has 3 aromatic heterocycles. The topological polar surface area (TPSA) is 59.2 Å². The Bertz CT molecular complexity index is 1070. The third-order valence-corrected chi connectivity index (χ3v) is 5.92. The molecule has 1 atom stereocenters. The summed E-state index contributed by atoms with van der Waals surface area (Å²) in [4.78, 5) is 15.6. The van der Waals surface area contributed by atoms with Gasteiger partial charge in [-0.25, -0.2) is 19.5 Å². The van der Waals surface area contributed by atoms with Crippen molar-refractivity contribution in [3.8, 4) is 0 Å². The van der Waals surface area contributed by atoms with E-state index in [9.17, 15) is 13.2 Å². The summed E-state index contributed by atoms with van der Waals surface area (Å²) >= 11 is 0. The highest BCUT2D eigenvalue weighted by atomic mass is 19.4. The van der Waals surface area contributed by atoms with Crippen molar-refractivity contribution in [3.05, 3.63) is 53.0 Å². The van der Waals surface area contributed by atoms with Crippen molar-refractivity contribution in [2.75, 3.05) is 13.1 Å². The van der Waals surface area contributed by atoms with Crippen LogP contribution in [0.4, 0.5) is 13.2 Å². The van der Waals surface area contributed by atoms with Gasteiger partial charge in [0.05, 0.1) is 5.69 Å². The van der Waals surface area contributed by atoms with E-state index in [2.05, 4.69) is 38.8 Å². The second-order valence-electron chi connectivity index (χ2n) is 9.24. The molecule has 1 saturated heterocycles. The molecule has 0 saturated carbocycles. The second kappa shape index (κ2) is 8.77. The first-order valence-corrected chi connectivity index (χ1v) is 11.1. The van der Waals surface area contributed by atoms with Crippen molar-refractivity contribution >= 4 is 5.65 Å². The van der Waals surface area contributed by atoms with Crippen molar-refractivity contribution in [1.82, 2.24) is 29.5 Å². The average Bonchev–Trinajstić information content (AvgIpc) is 3.17. The van der Waals surface area contributed by atoms with Gasteiger partial charge in [0.15, 0.2) is 5.65 Å². The van der Waals surface area contributed by atoms with Crippen LogP contribution in [0.1, 0.15) is 86.8 Å². The first-order chi connectivity index (χ1) is 15.1. The predicted octanol–water partition coefficient (Wildman–Crippen LogP) is 5.16. The van der Waals surface area contributed by atoms with Gasteiger partial charge >= 0.3 is 6.18 Å². The maximum atomic E-state index is 13.7. The molecule has 0 radical (unpaired) electrons. The van der Waals surface area contributed by atoms with Crippen molar-refractivity contribution in [2.24, 2.45) is 0 Å². The van der Waals surface area contributed by atoms with Gasteiger partial charge in [-0.2, -0.15) is 18.3 Å². The van der Waals surface area contributed by atoms with Crippen LogP contribution >= 0.6 is 0 Å². The fourth-order valence-corrected chi connectivity index (χ4v) is 4.15. The fourth-order valence-electron chi connectivity index (χ4n) is 4.15. The number of alkyl halides is 3. The Morgan fingerprint density at radius 2 is 1.78 bits per heavy atom. The SMILES string of the molecule is CC(C)c1cc(C(F)(F)F)n2nc([C@@H]3CCCN(Cc4cnc(C(C)C)nc4)C3)cc2n1. The van der Waals surface area contributed by atoms with Gasteiger partial charge in [-0.1, -0.05) is 27.7 Å². The van der Waals surface area contributed by atoms with E-state index in [0.29, 0.717) is 17.9 Å². The van der Waals surface area contributed by atoms with Gasteiger partial charge in [0, 0.05) is 54.6 Å². The largest absolute Gasteiger partial charge is 0.433 e. The Morgan fingerprint density at radius 1 is 1.06 bits per heavy atom. The summed E-state index contributed by atoms with van der Waals surface area (Å²) in [6.07, 6.45) is 1.09. The smallest absolute Gasteiger partial charge is 0.298 e. The normalized spacial score (nSPS) is 18.2. The summed E-state index contributed by atoms with van der Waals surface area (Å²) in [5.74, 6) is 1.06. The number of nitrogens with zero attached hydrogens (tertiary/aromatic N) is 6. The van der Waals surface area contributed by atoms with Crippen molar-refractivity contribution in [3.63, 3.8) is 0 Å². The summed E-state index contributed by atoms with van der Waals surface area (Å²) in [5, 5.41) is 4.36.